The van der Waals surface area contributed by atoms with Gasteiger partial charge in [-0.25, -0.2) is 0 Å². The summed E-state index contributed by atoms with van der Waals surface area (Å²) in [5.74, 6) is -2.92. The number of allylic oxidation sites excluding steroid dienone is 1. The van der Waals surface area contributed by atoms with E-state index in [1.54, 1.807) is 13.0 Å². The predicted molar refractivity (Wildman–Crippen MR) is 85.2 cm³/mol. The van der Waals surface area contributed by atoms with Crippen LogP contribution in [0.1, 0.15) is 32.6 Å². The zero-order chi connectivity index (χ0) is 17.9. The second kappa shape index (κ2) is 4.18. The summed E-state index contributed by atoms with van der Waals surface area (Å²) in [4.78, 5) is 24.9. The normalized spacial score (nSPS) is 55.5. The van der Waals surface area contributed by atoms with E-state index in [0.717, 1.165) is 5.57 Å². The molecule has 1 spiro atoms. The van der Waals surface area contributed by atoms with Crippen molar-refractivity contribution in [2.75, 3.05) is 0 Å². The van der Waals surface area contributed by atoms with Crippen LogP contribution in [-0.4, -0.2) is 45.1 Å². The van der Waals surface area contributed by atoms with Gasteiger partial charge in [0.1, 0.15) is 17.6 Å². The van der Waals surface area contributed by atoms with E-state index in [4.69, 9.17) is 4.74 Å². The molecule has 3 saturated carbocycles. The molecule has 5 rings (SSSR count). The van der Waals surface area contributed by atoms with Crippen molar-refractivity contribution in [3.05, 3.63) is 23.8 Å². The minimum Gasteiger partial charge on any atom is -0.481 e. The molecule has 8 atom stereocenters. The summed E-state index contributed by atoms with van der Waals surface area (Å²) >= 11 is 0. The van der Waals surface area contributed by atoms with Crippen molar-refractivity contribution < 1.29 is 29.6 Å². The fraction of sp³-hybridized carbons (Fsp3) is 0.684. The molecule has 4 aliphatic carbocycles. The number of aliphatic hydroxyl groups is 2. The number of fused-ring (bicyclic) bond motifs is 6. The molecule has 134 valence electrons. The minimum atomic E-state index is -1.24. The number of carbonyl (C=O) groups is 2. The van der Waals surface area contributed by atoms with Crippen LogP contribution in [-0.2, 0) is 14.3 Å². The molecule has 0 amide bonds. The molecule has 25 heavy (non-hydrogen) atoms. The highest BCUT2D eigenvalue weighted by atomic mass is 16.6. The summed E-state index contributed by atoms with van der Waals surface area (Å²) < 4.78 is 5.34. The molecule has 0 aromatic heterocycles. The van der Waals surface area contributed by atoms with Crippen molar-refractivity contribution in [2.24, 2.45) is 28.6 Å². The van der Waals surface area contributed by atoms with Crippen LogP contribution in [0.3, 0.4) is 0 Å². The zero-order valence-electron chi connectivity index (χ0n) is 14.1. The van der Waals surface area contributed by atoms with E-state index in [2.05, 4.69) is 6.58 Å². The van der Waals surface area contributed by atoms with E-state index in [1.165, 1.54) is 0 Å². The number of aliphatic carboxylic acids is 1. The van der Waals surface area contributed by atoms with E-state index in [9.17, 15) is 24.9 Å². The Hall–Kier alpha value is -1.66. The van der Waals surface area contributed by atoms with E-state index in [-0.39, 0.29) is 5.92 Å². The highest BCUT2D eigenvalue weighted by Crippen LogP contribution is 2.74. The number of carboxylic acid groups (broad SMARTS) is 1. The van der Waals surface area contributed by atoms with Gasteiger partial charge in [-0.1, -0.05) is 12.2 Å². The lowest BCUT2D eigenvalue weighted by molar-refractivity contribution is -0.157. The number of aliphatic hydroxyl groups excluding tert-OH is 1. The summed E-state index contributed by atoms with van der Waals surface area (Å²) in [6.07, 6.45) is 2.14. The molecule has 4 bridgehead atoms. The third-order valence-corrected chi connectivity index (χ3v) is 7.95. The summed E-state index contributed by atoms with van der Waals surface area (Å²) in [6, 6.07) is 0. The highest BCUT2D eigenvalue weighted by Gasteiger charge is 2.75. The third-order valence-electron chi connectivity index (χ3n) is 7.95. The number of ether oxygens (including phenoxy) is 1. The Labute approximate surface area is 145 Å². The van der Waals surface area contributed by atoms with Crippen LogP contribution in [0.25, 0.3) is 0 Å². The van der Waals surface area contributed by atoms with Gasteiger partial charge in [0, 0.05) is 5.92 Å². The quantitative estimate of drug-likeness (QED) is 0.484. The monoisotopic (exact) mass is 346 g/mol. The summed E-state index contributed by atoms with van der Waals surface area (Å²) in [7, 11) is 0. The summed E-state index contributed by atoms with van der Waals surface area (Å²) in [5.41, 5.74) is -1.23. The number of esters is 1. The van der Waals surface area contributed by atoms with Crippen molar-refractivity contribution in [2.45, 2.75) is 50.4 Å². The summed E-state index contributed by atoms with van der Waals surface area (Å²) in [5, 5.41) is 31.7. The van der Waals surface area contributed by atoms with Gasteiger partial charge in [-0.05, 0) is 55.6 Å². The topological polar surface area (TPSA) is 104 Å². The second-order valence-corrected chi connectivity index (χ2v) is 8.87. The first kappa shape index (κ1) is 15.6. The lowest BCUT2D eigenvalue weighted by Gasteiger charge is -2.41. The molecule has 0 unspecified atom stereocenters. The predicted octanol–water partition coefficient (Wildman–Crippen LogP) is 1.03. The van der Waals surface area contributed by atoms with E-state index in [1.807, 2.05) is 0 Å². The molecule has 0 aromatic rings. The third kappa shape index (κ3) is 1.47. The van der Waals surface area contributed by atoms with Crippen LogP contribution in [0.2, 0.25) is 0 Å². The van der Waals surface area contributed by atoms with E-state index < -0.39 is 52.4 Å². The molecule has 1 saturated heterocycles. The van der Waals surface area contributed by atoms with Gasteiger partial charge in [0.2, 0.25) is 0 Å². The maximum Gasteiger partial charge on any atom is 0.315 e. The van der Waals surface area contributed by atoms with Crippen LogP contribution < -0.4 is 0 Å². The van der Waals surface area contributed by atoms with Crippen LogP contribution in [0.15, 0.2) is 23.8 Å². The first-order valence-corrected chi connectivity index (χ1v) is 8.89. The number of hydrogen-bond donors (Lipinski definition) is 3. The fourth-order valence-electron chi connectivity index (χ4n) is 6.86. The molecule has 5 aliphatic rings. The van der Waals surface area contributed by atoms with Gasteiger partial charge in [0.15, 0.2) is 0 Å². The maximum absolute atomic E-state index is 12.6. The van der Waals surface area contributed by atoms with Crippen molar-refractivity contribution >= 4 is 11.9 Å². The Bertz CT molecular complexity index is 770. The number of hydrogen-bond acceptors (Lipinski definition) is 5. The average molecular weight is 346 g/mol. The number of carboxylic acids is 1. The first-order valence-electron chi connectivity index (χ1n) is 8.89. The fourth-order valence-corrected chi connectivity index (χ4v) is 6.86. The van der Waals surface area contributed by atoms with Gasteiger partial charge < -0.3 is 20.1 Å². The minimum absolute atomic E-state index is 0.0121. The number of carbonyl (C=O) groups excluding carboxylic acids is 1. The number of rotatable bonds is 1. The largest absolute Gasteiger partial charge is 0.481 e. The molecule has 0 aromatic carbocycles. The van der Waals surface area contributed by atoms with Gasteiger partial charge >= 0.3 is 11.9 Å². The molecule has 6 heteroatoms. The first-order chi connectivity index (χ1) is 11.6. The Morgan fingerprint density at radius 3 is 2.84 bits per heavy atom. The maximum atomic E-state index is 12.6. The SMILES string of the molecule is C=C1C[C@]23C[C@@]1(O)CC[C@@H]2C1=C[C@@H]2OC(=O)[C@@](C)([C@H]2O)[C@@H]1[C@@H]3C(=O)O. The van der Waals surface area contributed by atoms with Crippen molar-refractivity contribution in [1.29, 1.82) is 0 Å². The standard InChI is InChI=1S/C19H22O6/c1-8-6-18-7-19(8,24)4-3-10(18)9-5-11-14(20)17(2,16(23)25-11)12(9)13(18)15(21)22/h5,10-14,20,24H,1,3-4,6-7H2,2H3,(H,21,22)/t10-,11+,12+,13-,14+,17-,18+,19+/m1/s1. The van der Waals surface area contributed by atoms with E-state index in [0.29, 0.717) is 31.3 Å². The van der Waals surface area contributed by atoms with Crippen molar-refractivity contribution in [3.63, 3.8) is 0 Å². The van der Waals surface area contributed by atoms with Gasteiger partial charge in [0.05, 0.1) is 11.5 Å². The van der Waals surface area contributed by atoms with Gasteiger partial charge in [-0.3, -0.25) is 9.59 Å². The van der Waals surface area contributed by atoms with Gasteiger partial charge in [-0.2, -0.15) is 0 Å². The average Bonchev–Trinajstić information content (AvgIpc) is 2.96. The molecule has 1 aliphatic heterocycles. The molecule has 0 radical (unpaired) electrons. The molecular formula is C19H22O6. The van der Waals surface area contributed by atoms with Gasteiger partial charge in [-0.15, -0.1) is 0 Å². The Morgan fingerprint density at radius 2 is 2.16 bits per heavy atom. The Kier molecular flexibility index (Phi) is 2.60. The molecule has 3 N–H and O–H groups in total. The molecule has 6 nitrogen and oxygen atoms in total. The molecule has 1 heterocycles. The van der Waals surface area contributed by atoms with E-state index >= 15 is 0 Å². The van der Waals surface area contributed by atoms with Crippen molar-refractivity contribution in [3.8, 4) is 0 Å². The van der Waals surface area contributed by atoms with Crippen LogP contribution in [0.4, 0.5) is 0 Å². The highest BCUT2D eigenvalue weighted by molar-refractivity contribution is 5.85. The summed E-state index contributed by atoms with van der Waals surface area (Å²) in [6.45, 7) is 5.66. The lowest BCUT2D eigenvalue weighted by atomic mass is 9.61. The van der Waals surface area contributed by atoms with Crippen LogP contribution in [0.5, 0.6) is 0 Å². The van der Waals surface area contributed by atoms with Gasteiger partial charge in [0.25, 0.3) is 0 Å². The Morgan fingerprint density at radius 1 is 1.44 bits per heavy atom. The van der Waals surface area contributed by atoms with Crippen molar-refractivity contribution in [1.82, 2.24) is 0 Å². The molecular weight excluding hydrogens is 324 g/mol. The zero-order valence-corrected chi connectivity index (χ0v) is 14.1. The Balaban J connectivity index is 1.75. The molecule has 4 fully saturated rings. The smallest absolute Gasteiger partial charge is 0.315 e. The second-order valence-electron chi connectivity index (χ2n) is 8.87. The van der Waals surface area contributed by atoms with Crippen LogP contribution in [0, 0.1) is 28.6 Å². The van der Waals surface area contributed by atoms with Crippen LogP contribution >= 0.6 is 0 Å². The lowest BCUT2D eigenvalue weighted by Crippen LogP contribution is -2.50.